The van der Waals surface area contributed by atoms with Gasteiger partial charge in [-0.2, -0.15) is 0 Å². The van der Waals surface area contributed by atoms with Gasteiger partial charge in [0.25, 0.3) is 0 Å². The van der Waals surface area contributed by atoms with E-state index in [0.29, 0.717) is 5.69 Å². The molecule has 3 nitrogen and oxygen atoms in total. The van der Waals surface area contributed by atoms with Crippen LogP contribution >= 0.6 is 0 Å². The van der Waals surface area contributed by atoms with Gasteiger partial charge in [0.15, 0.2) is 0 Å². The summed E-state index contributed by atoms with van der Waals surface area (Å²) in [4.78, 5) is 2.08. The maximum Gasteiger partial charge on any atom is 0.146 e. The second kappa shape index (κ2) is 7.04. The Bertz CT molecular complexity index is 438. The molecule has 20 heavy (non-hydrogen) atoms. The van der Waals surface area contributed by atoms with Gasteiger partial charge in [-0.3, -0.25) is 0 Å². The summed E-state index contributed by atoms with van der Waals surface area (Å²) >= 11 is 0. The third-order valence-corrected chi connectivity index (χ3v) is 4.09. The quantitative estimate of drug-likeness (QED) is 0.901. The van der Waals surface area contributed by atoms with E-state index in [1.165, 1.54) is 0 Å². The van der Waals surface area contributed by atoms with Gasteiger partial charge in [-0.1, -0.05) is 13.0 Å². The van der Waals surface area contributed by atoms with Gasteiger partial charge in [-0.25, -0.2) is 4.39 Å². The highest BCUT2D eigenvalue weighted by atomic mass is 19.1. The minimum absolute atomic E-state index is 0.105. The van der Waals surface area contributed by atoms with Crippen LogP contribution in [0.25, 0.3) is 0 Å². The predicted octanol–water partition coefficient (Wildman–Crippen LogP) is 2.72. The first-order valence-electron chi connectivity index (χ1n) is 7.45. The van der Waals surface area contributed by atoms with E-state index in [9.17, 15) is 4.39 Å². The molecule has 0 aromatic heterocycles. The van der Waals surface area contributed by atoms with Crippen molar-refractivity contribution in [1.82, 2.24) is 0 Å². The Morgan fingerprint density at radius 3 is 2.95 bits per heavy atom. The highest BCUT2D eigenvalue weighted by Crippen LogP contribution is 2.25. The monoisotopic (exact) mass is 280 g/mol. The highest BCUT2D eigenvalue weighted by molar-refractivity contribution is 5.49. The topological polar surface area (TPSA) is 38.5 Å². The molecule has 1 aromatic rings. The zero-order chi connectivity index (χ0) is 14.5. The van der Waals surface area contributed by atoms with E-state index in [0.717, 1.165) is 44.3 Å². The second-order valence-corrected chi connectivity index (χ2v) is 5.60. The molecule has 112 valence electrons. The molecule has 4 heteroatoms. The summed E-state index contributed by atoms with van der Waals surface area (Å²) in [5.74, 6) is -0.150. The molecule has 1 aliphatic heterocycles. The van der Waals surface area contributed by atoms with Gasteiger partial charge in [0.2, 0.25) is 0 Å². The molecule has 0 radical (unpaired) electrons. The van der Waals surface area contributed by atoms with Crippen molar-refractivity contribution in [1.29, 1.82) is 0 Å². The fourth-order valence-corrected chi connectivity index (χ4v) is 2.73. The molecule has 0 saturated carbocycles. The van der Waals surface area contributed by atoms with Crippen LogP contribution in [0, 0.1) is 5.82 Å². The maximum absolute atomic E-state index is 14.3. The molecule has 2 N–H and O–H groups in total. The normalized spacial score (nSPS) is 21.0. The van der Waals surface area contributed by atoms with Crippen molar-refractivity contribution in [3.8, 4) is 0 Å². The van der Waals surface area contributed by atoms with E-state index in [4.69, 9.17) is 10.5 Å². The maximum atomic E-state index is 14.3. The number of anilines is 1. The first kappa shape index (κ1) is 15.3. The number of hydrogen-bond donors (Lipinski definition) is 1. The standard InChI is InChI=1S/C16H25FN2O/c1-3-13(18)9-12-6-7-16(15(17)10-12)19-8-4-5-14(11-19)20-2/h6-7,10,13-14H,3-5,8-9,11,18H2,1-2H3. The fourth-order valence-electron chi connectivity index (χ4n) is 2.73. The number of methoxy groups -OCH3 is 1. The van der Waals surface area contributed by atoms with Crippen molar-refractivity contribution in [3.63, 3.8) is 0 Å². The van der Waals surface area contributed by atoms with Crippen LogP contribution in [0.2, 0.25) is 0 Å². The van der Waals surface area contributed by atoms with Crippen LogP contribution in [0.1, 0.15) is 31.7 Å². The van der Waals surface area contributed by atoms with E-state index >= 15 is 0 Å². The SMILES string of the molecule is CCC(N)Cc1ccc(N2CCCC(OC)C2)c(F)c1. The first-order valence-corrected chi connectivity index (χ1v) is 7.45. The lowest BCUT2D eigenvalue weighted by atomic mass is 10.0. The summed E-state index contributed by atoms with van der Waals surface area (Å²) in [6.45, 7) is 3.71. The summed E-state index contributed by atoms with van der Waals surface area (Å²) in [6, 6.07) is 5.60. The lowest BCUT2D eigenvalue weighted by Gasteiger charge is -2.34. The van der Waals surface area contributed by atoms with Crippen LogP contribution in [0.4, 0.5) is 10.1 Å². The van der Waals surface area contributed by atoms with Crippen molar-refractivity contribution in [2.75, 3.05) is 25.1 Å². The van der Waals surface area contributed by atoms with Gasteiger partial charge in [0, 0.05) is 26.2 Å². The Labute approximate surface area is 120 Å². The molecule has 2 rings (SSSR count). The predicted molar refractivity (Wildman–Crippen MR) is 80.6 cm³/mol. The number of nitrogens with zero attached hydrogens (tertiary/aromatic N) is 1. The Morgan fingerprint density at radius 1 is 1.50 bits per heavy atom. The largest absolute Gasteiger partial charge is 0.380 e. The average Bonchev–Trinajstić information content (AvgIpc) is 2.47. The van der Waals surface area contributed by atoms with Gasteiger partial charge < -0.3 is 15.4 Å². The average molecular weight is 280 g/mol. The number of ether oxygens (including phenoxy) is 1. The van der Waals surface area contributed by atoms with E-state index in [1.807, 2.05) is 19.1 Å². The molecule has 0 aliphatic carbocycles. The number of piperidine rings is 1. The van der Waals surface area contributed by atoms with Crippen LogP contribution in [0.5, 0.6) is 0 Å². The van der Waals surface area contributed by atoms with E-state index < -0.39 is 0 Å². The lowest BCUT2D eigenvalue weighted by Crippen LogP contribution is -2.39. The molecular weight excluding hydrogens is 255 g/mol. The van der Waals surface area contributed by atoms with E-state index in [2.05, 4.69) is 4.90 Å². The molecule has 2 atom stereocenters. The van der Waals surface area contributed by atoms with Gasteiger partial charge in [0.05, 0.1) is 11.8 Å². The van der Waals surface area contributed by atoms with E-state index in [1.54, 1.807) is 13.2 Å². The summed E-state index contributed by atoms with van der Waals surface area (Å²) < 4.78 is 19.7. The number of hydrogen-bond acceptors (Lipinski definition) is 3. The fraction of sp³-hybridized carbons (Fsp3) is 0.625. The molecule has 1 fully saturated rings. The van der Waals surface area contributed by atoms with E-state index in [-0.39, 0.29) is 18.0 Å². The third kappa shape index (κ3) is 3.70. The highest BCUT2D eigenvalue weighted by Gasteiger charge is 2.21. The zero-order valence-electron chi connectivity index (χ0n) is 12.4. The van der Waals surface area contributed by atoms with Crippen molar-refractivity contribution < 1.29 is 9.13 Å². The van der Waals surface area contributed by atoms with Crippen LogP contribution < -0.4 is 10.6 Å². The van der Waals surface area contributed by atoms with Crippen molar-refractivity contribution in [2.45, 2.75) is 44.8 Å². The molecular formula is C16H25FN2O. The van der Waals surface area contributed by atoms with Gasteiger partial charge in [-0.15, -0.1) is 0 Å². The van der Waals surface area contributed by atoms with Crippen LogP contribution in [-0.4, -0.2) is 32.3 Å². The molecule has 1 saturated heterocycles. The van der Waals surface area contributed by atoms with Crippen molar-refractivity contribution >= 4 is 5.69 Å². The molecule has 1 heterocycles. The Kier molecular flexibility index (Phi) is 5.38. The smallest absolute Gasteiger partial charge is 0.146 e. The molecule has 1 aliphatic rings. The molecule has 2 unspecified atom stereocenters. The summed E-state index contributed by atoms with van der Waals surface area (Å²) in [7, 11) is 1.72. The Morgan fingerprint density at radius 2 is 2.30 bits per heavy atom. The third-order valence-electron chi connectivity index (χ3n) is 4.09. The molecule has 0 amide bonds. The van der Waals surface area contributed by atoms with Crippen LogP contribution in [0.15, 0.2) is 18.2 Å². The Hall–Kier alpha value is -1.13. The number of nitrogens with two attached hydrogens (primary N) is 1. The molecule has 0 bridgehead atoms. The minimum Gasteiger partial charge on any atom is -0.380 e. The number of halogens is 1. The Balaban J connectivity index is 2.09. The number of benzene rings is 1. The zero-order valence-corrected chi connectivity index (χ0v) is 12.4. The minimum atomic E-state index is -0.150. The summed E-state index contributed by atoms with van der Waals surface area (Å²) in [6.07, 6.45) is 3.94. The lowest BCUT2D eigenvalue weighted by molar-refractivity contribution is 0.0892. The van der Waals surface area contributed by atoms with Crippen LogP contribution in [0.3, 0.4) is 0 Å². The summed E-state index contributed by atoms with van der Waals surface area (Å²) in [5, 5.41) is 0. The number of rotatable bonds is 5. The molecule has 1 aromatic carbocycles. The van der Waals surface area contributed by atoms with Gasteiger partial charge in [0.1, 0.15) is 5.82 Å². The van der Waals surface area contributed by atoms with Crippen molar-refractivity contribution in [3.05, 3.63) is 29.6 Å². The summed E-state index contributed by atoms with van der Waals surface area (Å²) in [5.41, 5.74) is 7.58. The van der Waals surface area contributed by atoms with Crippen LogP contribution in [-0.2, 0) is 11.2 Å². The van der Waals surface area contributed by atoms with Gasteiger partial charge >= 0.3 is 0 Å². The first-order chi connectivity index (χ1) is 9.63. The van der Waals surface area contributed by atoms with Gasteiger partial charge in [-0.05, 0) is 43.4 Å². The second-order valence-electron chi connectivity index (χ2n) is 5.60. The van der Waals surface area contributed by atoms with Crippen molar-refractivity contribution in [2.24, 2.45) is 5.73 Å². The molecule has 0 spiro atoms.